The molecule has 0 saturated heterocycles. The van der Waals surface area contributed by atoms with Gasteiger partial charge in [0.25, 0.3) is 0 Å². The van der Waals surface area contributed by atoms with Gasteiger partial charge in [0.2, 0.25) is 5.90 Å². The van der Waals surface area contributed by atoms with Crippen LogP contribution >= 0.6 is 0 Å². The molecule has 3 heterocycles. The Morgan fingerprint density at radius 3 is 2.41 bits per heavy atom. The molecule has 3 aromatic rings. The molecule has 0 bridgehead atoms. The largest absolute Gasteiger partial charge is 0.573 e. The van der Waals surface area contributed by atoms with Gasteiger partial charge in [0.05, 0.1) is 30.8 Å². The lowest BCUT2D eigenvalue weighted by Crippen LogP contribution is -2.23. The van der Waals surface area contributed by atoms with Crippen molar-refractivity contribution in [2.75, 3.05) is 0 Å². The molecular weight excluding hydrogens is 389 g/mol. The zero-order valence-corrected chi connectivity index (χ0v) is 15.1. The summed E-state index contributed by atoms with van der Waals surface area (Å²) in [7, 11) is 0. The van der Waals surface area contributed by atoms with Crippen molar-refractivity contribution in [3.05, 3.63) is 66.8 Å². The van der Waals surface area contributed by atoms with E-state index in [1.54, 1.807) is 43.8 Å². The van der Waals surface area contributed by atoms with Crippen molar-refractivity contribution in [1.82, 2.24) is 4.98 Å². The summed E-state index contributed by atoms with van der Waals surface area (Å²) in [5, 5.41) is 3.96. The number of aromatic nitrogens is 1. The van der Waals surface area contributed by atoms with E-state index in [2.05, 4.69) is 14.9 Å². The first-order valence-electron chi connectivity index (χ1n) is 8.59. The molecular formula is C20H15F3N2O4. The van der Waals surface area contributed by atoms with E-state index >= 15 is 0 Å². The maximum Gasteiger partial charge on any atom is 0.573 e. The summed E-state index contributed by atoms with van der Waals surface area (Å²) < 4.78 is 51.5. The highest BCUT2D eigenvalue weighted by atomic mass is 19.4. The monoisotopic (exact) mass is 404 g/mol. The lowest BCUT2D eigenvalue weighted by molar-refractivity contribution is -0.274. The Morgan fingerprint density at radius 2 is 1.79 bits per heavy atom. The van der Waals surface area contributed by atoms with E-state index < -0.39 is 12.0 Å². The van der Waals surface area contributed by atoms with Crippen LogP contribution in [0.15, 0.2) is 70.8 Å². The summed E-state index contributed by atoms with van der Waals surface area (Å²) >= 11 is 0. The standard InChI is InChI=1S/C20H15F3N2O4/c1-19(14-2-4-15(5-3-14)28-20(21,22)23)10-18(25-29-19)27-16-6-7-17(24-11-16)13-8-9-26-12-13/h2-9,11-12H,10H2,1H3/t19-/m0/s1. The number of hydrogen-bond acceptors (Lipinski definition) is 6. The molecule has 0 unspecified atom stereocenters. The number of nitrogens with zero attached hydrogens (tertiary/aromatic N) is 2. The predicted molar refractivity (Wildman–Crippen MR) is 96.2 cm³/mol. The summed E-state index contributed by atoms with van der Waals surface area (Å²) in [5.74, 6) is 0.516. The molecule has 150 valence electrons. The van der Waals surface area contributed by atoms with Gasteiger partial charge < -0.3 is 18.7 Å². The molecule has 2 aromatic heterocycles. The van der Waals surface area contributed by atoms with Crippen LogP contribution in [0.5, 0.6) is 11.5 Å². The second kappa shape index (κ2) is 7.16. The number of benzene rings is 1. The number of furan rings is 1. The number of oxime groups is 1. The van der Waals surface area contributed by atoms with E-state index in [1.165, 1.54) is 24.3 Å². The Morgan fingerprint density at radius 1 is 1.03 bits per heavy atom. The van der Waals surface area contributed by atoms with Crippen LogP contribution in [0, 0.1) is 0 Å². The van der Waals surface area contributed by atoms with Gasteiger partial charge in [0, 0.05) is 5.56 Å². The van der Waals surface area contributed by atoms with Crippen LogP contribution < -0.4 is 9.47 Å². The first-order chi connectivity index (χ1) is 13.8. The van der Waals surface area contributed by atoms with Crippen molar-refractivity contribution in [2.24, 2.45) is 5.16 Å². The molecule has 0 saturated carbocycles. The van der Waals surface area contributed by atoms with Gasteiger partial charge >= 0.3 is 6.36 Å². The minimum absolute atomic E-state index is 0.302. The number of alkyl halides is 3. The van der Waals surface area contributed by atoms with Crippen LogP contribution in [-0.4, -0.2) is 17.2 Å². The van der Waals surface area contributed by atoms with Gasteiger partial charge in [-0.15, -0.1) is 13.2 Å². The quantitative estimate of drug-likeness (QED) is 0.593. The third-order valence-electron chi connectivity index (χ3n) is 4.32. The Kier molecular flexibility index (Phi) is 4.65. The minimum Gasteiger partial charge on any atom is -0.472 e. The van der Waals surface area contributed by atoms with E-state index in [-0.39, 0.29) is 5.75 Å². The Hall–Kier alpha value is -3.49. The SMILES string of the molecule is C[C@@]1(c2ccc(OC(F)(F)F)cc2)CC(Oc2ccc(-c3ccoc3)nc2)=NO1. The first-order valence-corrected chi connectivity index (χ1v) is 8.59. The van der Waals surface area contributed by atoms with Crippen molar-refractivity contribution >= 4 is 5.90 Å². The molecule has 4 rings (SSSR count). The van der Waals surface area contributed by atoms with Crippen molar-refractivity contribution in [3.63, 3.8) is 0 Å². The highest BCUT2D eigenvalue weighted by Crippen LogP contribution is 2.36. The van der Waals surface area contributed by atoms with Crippen LogP contribution in [-0.2, 0) is 10.4 Å². The van der Waals surface area contributed by atoms with Crippen LogP contribution in [0.4, 0.5) is 13.2 Å². The average Bonchev–Trinajstić information content (AvgIpc) is 3.33. The van der Waals surface area contributed by atoms with Crippen LogP contribution in [0.2, 0.25) is 0 Å². The third kappa shape index (κ3) is 4.34. The second-order valence-electron chi connectivity index (χ2n) is 6.55. The Labute approximate surface area is 163 Å². The molecule has 6 nitrogen and oxygen atoms in total. The van der Waals surface area contributed by atoms with E-state index in [4.69, 9.17) is 14.0 Å². The Balaban J connectivity index is 1.40. The van der Waals surface area contributed by atoms with Gasteiger partial charge in [-0.3, -0.25) is 4.98 Å². The van der Waals surface area contributed by atoms with E-state index in [0.717, 1.165) is 11.3 Å². The molecule has 1 aliphatic rings. The number of hydrogen-bond donors (Lipinski definition) is 0. The van der Waals surface area contributed by atoms with Gasteiger partial charge in [0.1, 0.15) is 11.5 Å². The normalized spacial score (nSPS) is 18.8. The minimum atomic E-state index is -4.74. The molecule has 0 fully saturated rings. The molecule has 29 heavy (non-hydrogen) atoms. The molecule has 1 aromatic carbocycles. The maximum absolute atomic E-state index is 12.3. The molecule has 0 amide bonds. The fraction of sp³-hybridized carbons (Fsp3) is 0.200. The topological polar surface area (TPSA) is 66.1 Å². The molecule has 0 aliphatic carbocycles. The highest BCUT2D eigenvalue weighted by Gasteiger charge is 2.38. The second-order valence-corrected chi connectivity index (χ2v) is 6.55. The van der Waals surface area contributed by atoms with Gasteiger partial charge in [0.15, 0.2) is 5.60 Å². The number of pyridine rings is 1. The van der Waals surface area contributed by atoms with Gasteiger partial charge in [-0.05, 0) is 42.8 Å². The van der Waals surface area contributed by atoms with E-state index in [1.807, 2.05) is 0 Å². The Bertz CT molecular complexity index is 1000. The summed E-state index contributed by atoms with van der Waals surface area (Å²) in [6.07, 6.45) is 0.281. The smallest absolute Gasteiger partial charge is 0.472 e. The van der Waals surface area contributed by atoms with Gasteiger partial charge in [-0.25, -0.2) is 0 Å². The van der Waals surface area contributed by atoms with Gasteiger partial charge in [-0.1, -0.05) is 17.3 Å². The van der Waals surface area contributed by atoms with E-state index in [0.29, 0.717) is 23.6 Å². The number of rotatable bonds is 4. The average molecular weight is 404 g/mol. The van der Waals surface area contributed by atoms with Crippen LogP contribution in [0.25, 0.3) is 11.3 Å². The first kappa shape index (κ1) is 18.9. The lowest BCUT2D eigenvalue weighted by atomic mass is 9.93. The van der Waals surface area contributed by atoms with Crippen LogP contribution in [0.3, 0.4) is 0 Å². The van der Waals surface area contributed by atoms with E-state index in [9.17, 15) is 13.2 Å². The van der Waals surface area contributed by atoms with Crippen molar-refractivity contribution < 1.29 is 31.9 Å². The number of ether oxygens (including phenoxy) is 2. The van der Waals surface area contributed by atoms with Crippen molar-refractivity contribution in [2.45, 2.75) is 25.3 Å². The lowest BCUT2D eigenvalue weighted by Gasteiger charge is -2.21. The maximum atomic E-state index is 12.3. The molecule has 1 aliphatic heterocycles. The van der Waals surface area contributed by atoms with Crippen LogP contribution in [0.1, 0.15) is 18.9 Å². The number of halogens is 3. The molecule has 9 heteroatoms. The fourth-order valence-corrected chi connectivity index (χ4v) is 2.88. The van der Waals surface area contributed by atoms with Crippen molar-refractivity contribution in [1.29, 1.82) is 0 Å². The summed E-state index contributed by atoms with van der Waals surface area (Å²) in [5.41, 5.74) is 1.36. The third-order valence-corrected chi connectivity index (χ3v) is 4.32. The molecule has 0 N–H and O–H groups in total. The molecule has 1 atom stereocenters. The highest BCUT2D eigenvalue weighted by molar-refractivity contribution is 5.80. The predicted octanol–water partition coefficient (Wildman–Crippen LogP) is 5.27. The zero-order valence-electron chi connectivity index (χ0n) is 15.1. The summed E-state index contributed by atoms with van der Waals surface area (Å²) in [6, 6.07) is 10.8. The fourth-order valence-electron chi connectivity index (χ4n) is 2.88. The molecule has 0 radical (unpaired) electrons. The summed E-state index contributed by atoms with van der Waals surface area (Å²) in [6.45, 7) is 1.77. The summed E-state index contributed by atoms with van der Waals surface area (Å²) in [4.78, 5) is 9.81. The zero-order chi connectivity index (χ0) is 20.5. The van der Waals surface area contributed by atoms with Gasteiger partial charge in [-0.2, -0.15) is 0 Å². The molecule has 0 spiro atoms. The van der Waals surface area contributed by atoms with Crippen molar-refractivity contribution in [3.8, 4) is 22.8 Å².